The van der Waals surface area contributed by atoms with E-state index in [1.165, 1.54) is 0 Å². The van der Waals surface area contributed by atoms with Crippen molar-refractivity contribution < 1.29 is 33.8 Å². The minimum atomic E-state index is -0.975. The molecule has 2 aliphatic rings. The molecule has 10 nitrogen and oxygen atoms in total. The van der Waals surface area contributed by atoms with E-state index in [9.17, 15) is 24.3 Å². The normalized spacial score (nSPS) is 22.2. The summed E-state index contributed by atoms with van der Waals surface area (Å²) >= 11 is 0. The fraction of sp³-hybridized carbons (Fsp3) is 0.643. The van der Waals surface area contributed by atoms with Crippen LogP contribution in [0.15, 0.2) is 30.3 Å². The average molecular weight is 532 g/mol. The van der Waals surface area contributed by atoms with Gasteiger partial charge in [-0.15, -0.1) is 0 Å². The van der Waals surface area contributed by atoms with E-state index in [0.29, 0.717) is 32.2 Å². The number of fused-ring (bicyclic) bond motifs is 1. The number of ether oxygens (including phenoxy) is 2. The molecule has 1 saturated carbocycles. The first kappa shape index (κ1) is 29.4. The molecule has 3 rings (SSSR count). The number of aliphatic carboxylic acids is 1. The Bertz CT molecular complexity index is 942. The third kappa shape index (κ3) is 8.18. The maximum atomic E-state index is 13.4. The van der Waals surface area contributed by atoms with E-state index >= 15 is 0 Å². The highest BCUT2D eigenvalue weighted by molar-refractivity contribution is 5.88. The van der Waals surface area contributed by atoms with Crippen molar-refractivity contribution in [1.82, 2.24) is 15.5 Å². The second-order valence-electron chi connectivity index (χ2n) is 10.1. The molecule has 2 amide bonds. The van der Waals surface area contributed by atoms with Gasteiger partial charge in [0.2, 0.25) is 5.91 Å². The predicted molar refractivity (Wildman–Crippen MR) is 140 cm³/mol. The number of likely N-dealkylation sites (tertiary alicyclic amines) is 1. The first-order valence-electron chi connectivity index (χ1n) is 13.7. The Morgan fingerprint density at radius 1 is 1.08 bits per heavy atom. The lowest BCUT2D eigenvalue weighted by molar-refractivity contribution is -0.152. The SMILES string of the molecule is CCOC(=O)[C@H](CCCCNC(=O)OCc1ccccc1)N[C@@H](C)C(=O)N1[C@@H]2CCCC[C@@H]2C[C@H]1C(=O)O. The summed E-state index contributed by atoms with van der Waals surface area (Å²) in [6.07, 6.45) is 5.40. The maximum absolute atomic E-state index is 13.4. The summed E-state index contributed by atoms with van der Waals surface area (Å²) in [4.78, 5) is 51.5. The number of hydrogen-bond donors (Lipinski definition) is 3. The summed E-state index contributed by atoms with van der Waals surface area (Å²) in [5.74, 6) is -1.50. The second-order valence-corrected chi connectivity index (χ2v) is 10.1. The van der Waals surface area contributed by atoms with Crippen LogP contribution in [-0.4, -0.2) is 71.3 Å². The topological polar surface area (TPSA) is 134 Å². The molecule has 1 aliphatic carbocycles. The van der Waals surface area contributed by atoms with Crippen LogP contribution in [0.3, 0.4) is 0 Å². The molecule has 1 heterocycles. The zero-order chi connectivity index (χ0) is 27.5. The van der Waals surface area contributed by atoms with Crippen molar-refractivity contribution in [2.24, 2.45) is 5.92 Å². The summed E-state index contributed by atoms with van der Waals surface area (Å²) in [7, 11) is 0. The lowest BCUT2D eigenvalue weighted by atomic mass is 9.84. The number of unbranched alkanes of at least 4 members (excludes halogenated alkanes) is 1. The van der Waals surface area contributed by atoms with Crippen molar-refractivity contribution in [3.63, 3.8) is 0 Å². The van der Waals surface area contributed by atoms with E-state index in [0.717, 1.165) is 31.2 Å². The van der Waals surface area contributed by atoms with Crippen molar-refractivity contribution in [1.29, 1.82) is 0 Å². The molecular formula is C28H41N3O7. The van der Waals surface area contributed by atoms with E-state index in [4.69, 9.17) is 9.47 Å². The summed E-state index contributed by atoms with van der Waals surface area (Å²) in [5, 5.41) is 15.6. The zero-order valence-electron chi connectivity index (χ0n) is 22.4. The smallest absolute Gasteiger partial charge is 0.407 e. The van der Waals surface area contributed by atoms with E-state index < -0.39 is 36.2 Å². The number of esters is 1. The standard InChI is InChI=1S/C28H41N3O7/c1-3-37-27(35)22(14-9-10-16-29-28(36)38-18-20-11-5-4-6-12-20)30-19(2)25(32)31-23-15-8-7-13-21(23)17-24(31)26(33)34/h4-6,11-12,19,21-24,30H,3,7-10,13-18H2,1-2H3,(H,29,36)(H,33,34)/t19-,21+,22-,23+,24-/m0/s1. The molecular weight excluding hydrogens is 490 g/mol. The summed E-state index contributed by atoms with van der Waals surface area (Å²) in [5.41, 5.74) is 0.900. The van der Waals surface area contributed by atoms with Gasteiger partial charge in [0.1, 0.15) is 18.7 Å². The highest BCUT2D eigenvalue weighted by Crippen LogP contribution is 2.40. The van der Waals surface area contributed by atoms with Crippen molar-refractivity contribution >= 4 is 23.9 Å². The van der Waals surface area contributed by atoms with Crippen LogP contribution in [0.1, 0.15) is 70.8 Å². The molecule has 1 saturated heterocycles. The molecule has 0 unspecified atom stereocenters. The largest absolute Gasteiger partial charge is 0.480 e. The number of amides is 2. The Morgan fingerprint density at radius 2 is 1.82 bits per heavy atom. The first-order valence-corrected chi connectivity index (χ1v) is 13.7. The van der Waals surface area contributed by atoms with Gasteiger partial charge < -0.3 is 24.8 Å². The van der Waals surface area contributed by atoms with Gasteiger partial charge in [0.05, 0.1) is 12.6 Å². The molecule has 0 spiro atoms. The molecule has 0 bridgehead atoms. The van der Waals surface area contributed by atoms with Crippen LogP contribution >= 0.6 is 0 Å². The van der Waals surface area contributed by atoms with Crippen molar-refractivity contribution in [3.8, 4) is 0 Å². The molecule has 1 aromatic carbocycles. The minimum absolute atomic E-state index is 0.0598. The second kappa shape index (κ2) is 14.7. The van der Waals surface area contributed by atoms with Crippen LogP contribution in [0.5, 0.6) is 0 Å². The molecule has 10 heteroatoms. The number of carboxylic acid groups (broad SMARTS) is 1. The fourth-order valence-corrected chi connectivity index (χ4v) is 5.54. The summed E-state index contributed by atoms with van der Waals surface area (Å²) in [6.45, 7) is 4.18. The summed E-state index contributed by atoms with van der Waals surface area (Å²) < 4.78 is 10.4. The van der Waals surface area contributed by atoms with Gasteiger partial charge in [-0.1, -0.05) is 43.2 Å². The monoisotopic (exact) mass is 531 g/mol. The van der Waals surface area contributed by atoms with E-state index in [2.05, 4.69) is 10.6 Å². The van der Waals surface area contributed by atoms with E-state index in [1.807, 2.05) is 30.3 Å². The van der Waals surface area contributed by atoms with Gasteiger partial charge >= 0.3 is 18.0 Å². The van der Waals surface area contributed by atoms with Gasteiger partial charge in [0, 0.05) is 12.6 Å². The maximum Gasteiger partial charge on any atom is 0.407 e. The van der Waals surface area contributed by atoms with Gasteiger partial charge in [-0.05, 0) is 63.9 Å². The molecule has 38 heavy (non-hydrogen) atoms. The fourth-order valence-electron chi connectivity index (χ4n) is 5.54. The van der Waals surface area contributed by atoms with Gasteiger partial charge in [0.15, 0.2) is 0 Å². The number of carbonyl (C=O) groups excluding carboxylic acids is 3. The third-order valence-corrected chi connectivity index (χ3v) is 7.42. The highest BCUT2D eigenvalue weighted by atomic mass is 16.5. The quantitative estimate of drug-likeness (QED) is 0.261. The Labute approximate surface area is 224 Å². The van der Waals surface area contributed by atoms with E-state index in [1.54, 1.807) is 18.7 Å². The van der Waals surface area contributed by atoms with Crippen LogP contribution in [0.25, 0.3) is 0 Å². The first-order chi connectivity index (χ1) is 18.3. The molecule has 210 valence electrons. The highest BCUT2D eigenvalue weighted by Gasteiger charge is 2.48. The molecule has 0 radical (unpaired) electrons. The van der Waals surface area contributed by atoms with Gasteiger partial charge in [-0.3, -0.25) is 14.9 Å². The number of rotatable bonds is 13. The predicted octanol–water partition coefficient (Wildman–Crippen LogP) is 3.24. The number of benzene rings is 1. The van der Waals surface area contributed by atoms with Crippen molar-refractivity contribution in [3.05, 3.63) is 35.9 Å². The minimum Gasteiger partial charge on any atom is -0.480 e. The van der Waals surface area contributed by atoms with Crippen molar-refractivity contribution in [2.75, 3.05) is 13.2 Å². The number of carboxylic acids is 1. The zero-order valence-corrected chi connectivity index (χ0v) is 22.4. The van der Waals surface area contributed by atoms with Crippen LogP contribution in [0.4, 0.5) is 4.79 Å². The Morgan fingerprint density at radius 3 is 2.53 bits per heavy atom. The number of carbonyl (C=O) groups is 4. The van der Waals surface area contributed by atoms with Crippen LogP contribution in [-0.2, 0) is 30.5 Å². The van der Waals surface area contributed by atoms with Gasteiger partial charge in [0.25, 0.3) is 0 Å². The van der Waals surface area contributed by atoms with Crippen LogP contribution in [0, 0.1) is 5.92 Å². The molecule has 3 N–H and O–H groups in total. The molecule has 0 aromatic heterocycles. The number of hydrogen-bond acceptors (Lipinski definition) is 7. The number of alkyl carbamates (subject to hydrolysis) is 1. The summed E-state index contributed by atoms with van der Waals surface area (Å²) in [6, 6.07) is 7.06. The Kier molecular flexibility index (Phi) is 11.4. The lowest BCUT2D eigenvalue weighted by Crippen LogP contribution is -2.55. The van der Waals surface area contributed by atoms with Gasteiger partial charge in [-0.25, -0.2) is 9.59 Å². The van der Waals surface area contributed by atoms with Gasteiger partial charge in [-0.2, -0.15) is 0 Å². The lowest BCUT2D eigenvalue weighted by Gasteiger charge is -2.35. The number of nitrogens with zero attached hydrogens (tertiary/aromatic N) is 1. The number of nitrogens with one attached hydrogen (secondary N) is 2. The van der Waals surface area contributed by atoms with Crippen LogP contribution in [0.2, 0.25) is 0 Å². The Hall–Kier alpha value is -3.14. The Balaban J connectivity index is 1.48. The molecule has 5 atom stereocenters. The van der Waals surface area contributed by atoms with Crippen molar-refractivity contribution in [2.45, 2.75) is 96.0 Å². The average Bonchev–Trinajstić information content (AvgIpc) is 3.31. The van der Waals surface area contributed by atoms with Crippen LogP contribution < -0.4 is 10.6 Å². The molecule has 1 aromatic rings. The van der Waals surface area contributed by atoms with E-state index in [-0.39, 0.29) is 31.1 Å². The molecule has 1 aliphatic heterocycles. The third-order valence-electron chi connectivity index (χ3n) is 7.42. The molecule has 2 fully saturated rings.